The number of benzene rings is 1. The highest BCUT2D eigenvalue weighted by Gasteiger charge is 2.62. The highest BCUT2D eigenvalue weighted by molar-refractivity contribution is 5.57. The van der Waals surface area contributed by atoms with Gasteiger partial charge >= 0.3 is 12.1 Å². The lowest BCUT2D eigenvalue weighted by atomic mass is 9.99. The number of hydrogen-bond donors (Lipinski definition) is 1. The summed E-state index contributed by atoms with van der Waals surface area (Å²) in [5.74, 6) is -5.47. The number of halogens is 5. The predicted molar refractivity (Wildman–Crippen MR) is 64.0 cm³/mol. The summed E-state index contributed by atoms with van der Waals surface area (Å²) in [6, 6.07) is -0.500. The molecule has 21 heavy (non-hydrogen) atoms. The van der Waals surface area contributed by atoms with E-state index < -0.39 is 23.7 Å². The lowest BCUT2D eigenvalue weighted by Crippen LogP contribution is -2.46. The lowest BCUT2D eigenvalue weighted by molar-refractivity contribution is -0.291. The van der Waals surface area contributed by atoms with Gasteiger partial charge in [0.2, 0.25) is 5.75 Å². The van der Waals surface area contributed by atoms with Gasteiger partial charge in [-0.3, -0.25) is 0 Å². The van der Waals surface area contributed by atoms with Crippen LogP contribution in [0.1, 0.15) is 11.6 Å². The summed E-state index contributed by atoms with van der Waals surface area (Å²) in [6.45, 7) is 0. The molecule has 0 unspecified atom stereocenters. The van der Waals surface area contributed by atoms with Crippen LogP contribution in [0.5, 0.6) is 17.2 Å². The van der Waals surface area contributed by atoms with Crippen molar-refractivity contribution in [2.24, 2.45) is 5.73 Å². The Kier molecular flexibility index (Phi) is 4.87. The van der Waals surface area contributed by atoms with E-state index in [9.17, 15) is 22.0 Å². The molecule has 0 aromatic heterocycles. The van der Waals surface area contributed by atoms with E-state index in [0.717, 1.165) is 13.2 Å². The summed E-state index contributed by atoms with van der Waals surface area (Å²) in [6.07, 6.45) is -5.79. The van der Waals surface area contributed by atoms with E-state index in [0.29, 0.717) is 0 Å². The molecule has 0 aliphatic rings. The van der Waals surface area contributed by atoms with Crippen LogP contribution >= 0.6 is 0 Å². The fourth-order valence-electron chi connectivity index (χ4n) is 1.74. The van der Waals surface area contributed by atoms with Gasteiger partial charge in [0.25, 0.3) is 0 Å². The standard InChI is InChI=1S/C12H14F5NO3/c1-19-7-5-4-6(8(20-2)9(7)21-3)10(18)11(13,14)12(15,16)17/h4-5,10H,18H2,1-3H3/t10-/m1/s1. The third-order valence-corrected chi connectivity index (χ3v) is 2.84. The van der Waals surface area contributed by atoms with E-state index in [4.69, 9.17) is 19.9 Å². The number of methoxy groups -OCH3 is 3. The van der Waals surface area contributed by atoms with Gasteiger partial charge in [0.05, 0.1) is 21.3 Å². The third-order valence-electron chi connectivity index (χ3n) is 2.84. The minimum absolute atomic E-state index is 0.112. The Morgan fingerprint density at radius 1 is 0.905 bits per heavy atom. The van der Waals surface area contributed by atoms with Gasteiger partial charge in [-0.15, -0.1) is 0 Å². The van der Waals surface area contributed by atoms with Crippen molar-refractivity contribution in [2.75, 3.05) is 21.3 Å². The minimum Gasteiger partial charge on any atom is -0.493 e. The maximum atomic E-state index is 13.4. The van der Waals surface area contributed by atoms with Crippen molar-refractivity contribution in [3.63, 3.8) is 0 Å². The van der Waals surface area contributed by atoms with E-state index in [-0.39, 0.29) is 17.2 Å². The Bertz CT molecular complexity index is 504. The summed E-state index contributed by atoms with van der Waals surface area (Å²) in [5, 5.41) is 0. The van der Waals surface area contributed by atoms with Crippen LogP contribution in [0.3, 0.4) is 0 Å². The minimum atomic E-state index is -5.79. The fourth-order valence-corrected chi connectivity index (χ4v) is 1.74. The second-order valence-corrected chi connectivity index (χ2v) is 4.02. The van der Waals surface area contributed by atoms with Gasteiger partial charge in [-0.25, -0.2) is 0 Å². The lowest BCUT2D eigenvalue weighted by Gasteiger charge is -2.27. The van der Waals surface area contributed by atoms with Gasteiger partial charge in [0.15, 0.2) is 11.5 Å². The van der Waals surface area contributed by atoms with Gasteiger partial charge in [-0.2, -0.15) is 22.0 Å². The second kappa shape index (κ2) is 5.92. The SMILES string of the molecule is COc1ccc([C@@H](N)C(F)(F)C(F)(F)F)c(OC)c1OC. The molecule has 9 heteroatoms. The molecule has 0 aliphatic heterocycles. The van der Waals surface area contributed by atoms with Gasteiger partial charge in [-0.1, -0.05) is 0 Å². The molecule has 0 fully saturated rings. The third kappa shape index (κ3) is 2.97. The first kappa shape index (κ1) is 17.3. The highest BCUT2D eigenvalue weighted by Crippen LogP contribution is 2.49. The molecular formula is C12H14F5NO3. The van der Waals surface area contributed by atoms with E-state index >= 15 is 0 Å². The number of ether oxygens (including phenoxy) is 3. The van der Waals surface area contributed by atoms with Crippen molar-refractivity contribution in [1.29, 1.82) is 0 Å². The van der Waals surface area contributed by atoms with Crippen LogP contribution < -0.4 is 19.9 Å². The average Bonchev–Trinajstić information content (AvgIpc) is 2.43. The summed E-state index contributed by atoms with van der Waals surface area (Å²) in [4.78, 5) is 0. The van der Waals surface area contributed by atoms with Gasteiger partial charge in [0.1, 0.15) is 6.04 Å². The number of alkyl halides is 5. The van der Waals surface area contributed by atoms with Crippen LogP contribution in [-0.4, -0.2) is 33.4 Å². The first-order valence-electron chi connectivity index (χ1n) is 5.60. The van der Waals surface area contributed by atoms with Crippen LogP contribution in [0.4, 0.5) is 22.0 Å². The molecule has 0 saturated carbocycles. The van der Waals surface area contributed by atoms with E-state index in [1.165, 1.54) is 20.3 Å². The molecule has 0 spiro atoms. The van der Waals surface area contributed by atoms with Crippen LogP contribution in [0, 0.1) is 0 Å². The van der Waals surface area contributed by atoms with Crippen LogP contribution in [0.15, 0.2) is 12.1 Å². The van der Waals surface area contributed by atoms with Gasteiger partial charge in [-0.05, 0) is 12.1 Å². The molecule has 4 nitrogen and oxygen atoms in total. The fraction of sp³-hybridized carbons (Fsp3) is 0.500. The molecular weight excluding hydrogens is 301 g/mol. The Morgan fingerprint density at radius 2 is 1.43 bits per heavy atom. The van der Waals surface area contributed by atoms with Crippen LogP contribution in [0.25, 0.3) is 0 Å². The number of rotatable bonds is 5. The Balaban J connectivity index is 3.44. The maximum absolute atomic E-state index is 13.4. The Hall–Kier alpha value is -1.77. The van der Waals surface area contributed by atoms with Crippen molar-refractivity contribution < 1.29 is 36.2 Å². The summed E-state index contributed by atoms with van der Waals surface area (Å²) >= 11 is 0. The largest absolute Gasteiger partial charge is 0.493 e. The molecule has 0 radical (unpaired) electrons. The molecule has 0 saturated heterocycles. The van der Waals surface area contributed by atoms with E-state index in [1.54, 1.807) is 0 Å². The topological polar surface area (TPSA) is 53.7 Å². The zero-order chi connectivity index (χ0) is 16.4. The molecule has 0 aliphatic carbocycles. The zero-order valence-corrected chi connectivity index (χ0v) is 11.4. The van der Waals surface area contributed by atoms with Crippen LogP contribution in [-0.2, 0) is 0 Å². The molecule has 120 valence electrons. The van der Waals surface area contributed by atoms with Gasteiger partial charge < -0.3 is 19.9 Å². The van der Waals surface area contributed by atoms with Crippen molar-refractivity contribution in [2.45, 2.75) is 18.1 Å². The summed E-state index contributed by atoms with van der Waals surface area (Å²) in [7, 11) is 3.57. The van der Waals surface area contributed by atoms with E-state index in [1.807, 2.05) is 0 Å². The second-order valence-electron chi connectivity index (χ2n) is 4.02. The molecule has 1 atom stereocenters. The highest BCUT2D eigenvalue weighted by atomic mass is 19.4. The van der Waals surface area contributed by atoms with Crippen molar-refractivity contribution in [1.82, 2.24) is 0 Å². The molecule has 0 heterocycles. The molecule has 1 aromatic carbocycles. The van der Waals surface area contributed by atoms with Crippen molar-refractivity contribution in [3.8, 4) is 17.2 Å². The smallest absolute Gasteiger partial charge is 0.455 e. The monoisotopic (exact) mass is 315 g/mol. The molecule has 1 aromatic rings. The van der Waals surface area contributed by atoms with Crippen molar-refractivity contribution in [3.05, 3.63) is 17.7 Å². The first-order valence-corrected chi connectivity index (χ1v) is 5.60. The summed E-state index contributed by atoms with van der Waals surface area (Å²) < 4.78 is 78.6. The molecule has 0 amide bonds. The van der Waals surface area contributed by atoms with Crippen molar-refractivity contribution >= 4 is 0 Å². The molecule has 1 rings (SSSR count). The number of nitrogens with two attached hydrogens (primary N) is 1. The summed E-state index contributed by atoms with van der Waals surface area (Å²) in [5.41, 5.74) is 4.56. The zero-order valence-electron chi connectivity index (χ0n) is 11.4. The predicted octanol–water partition coefficient (Wildman–Crippen LogP) is 2.91. The molecule has 2 N–H and O–H groups in total. The Morgan fingerprint density at radius 3 is 1.81 bits per heavy atom. The van der Waals surface area contributed by atoms with E-state index in [2.05, 4.69) is 0 Å². The molecule has 0 bridgehead atoms. The maximum Gasteiger partial charge on any atom is 0.455 e. The quantitative estimate of drug-likeness (QED) is 0.849. The average molecular weight is 315 g/mol. The van der Waals surface area contributed by atoms with Gasteiger partial charge in [0, 0.05) is 5.56 Å². The Labute approximate surface area is 117 Å². The number of hydrogen-bond acceptors (Lipinski definition) is 4. The first-order chi connectivity index (χ1) is 9.61. The van der Waals surface area contributed by atoms with Crippen LogP contribution in [0.2, 0.25) is 0 Å². The normalized spacial score (nSPS) is 13.8.